The van der Waals surface area contributed by atoms with E-state index in [1.165, 1.54) is 5.56 Å². The van der Waals surface area contributed by atoms with E-state index in [1.807, 2.05) is 24.3 Å². The van der Waals surface area contributed by atoms with Crippen LogP contribution in [0.5, 0.6) is 0 Å². The van der Waals surface area contributed by atoms with Crippen molar-refractivity contribution in [2.24, 2.45) is 10.2 Å². The molecule has 7 heteroatoms. The highest BCUT2D eigenvalue weighted by Gasteiger charge is 2.16. The fourth-order valence-corrected chi connectivity index (χ4v) is 4.86. The van der Waals surface area contributed by atoms with E-state index in [0.29, 0.717) is 5.13 Å². The lowest BCUT2D eigenvalue weighted by atomic mass is 10.2. The van der Waals surface area contributed by atoms with Crippen LogP contribution in [-0.4, -0.2) is 23.1 Å². The molecule has 0 saturated carbocycles. The minimum Gasteiger partial charge on any atom is -0.349 e. The van der Waals surface area contributed by atoms with E-state index in [1.54, 1.807) is 22.7 Å². The zero-order valence-corrected chi connectivity index (χ0v) is 17.7. The number of aromatic nitrogens is 2. The van der Waals surface area contributed by atoms with Crippen molar-refractivity contribution < 1.29 is 0 Å². The molecule has 0 bridgehead atoms. The second kappa shape index (κ2) is 8.16. The lowest BCUT2D eigenvalue weighted by Crippen LogP contribution is -2.21. The Kier molecular flexibility index (Phi) is 5.45. The van der Waals surface area contributed by atoms with Gasteiger partial charge in [0.05, 0.1) is 10.2 Å². The van der Waals surface area contributed by atoms with Gasteiger partial charge in [0, 0.05) is 18.7 Å². The van der Waals surface area contributed by atoms with Crippen molar-refractivity contribution in [1.29, 1.82) is 0 Å². The Hall–Kier alpha value is -2.64. The van der Waals surface area contributed by atoms with E-state index in [0.717, 1.165) is 44.7 Å². The highest BCUT2D eigenvalue weighted by molar-refractivity contribution is 7.22. The monoisotopic (exact) mass is 407 g/mol. The summed E-state index contributed by atoms with van der Waals surface area (Å²) in [6, 6.07) is 16.4. The van der Waals surface area contributed by atoms with Gasteiger partial charge in [-0.2, -0.15) is 0 Å². The second-order valence-corrected chi connectivity index (χ2v) is 8.32. The molecule has 0 atom stereocenters. The molecule has 4 aromatic rings. The number of hydrogen-bond donors (Lipinski definition) is 0. The average Bonchev–Trinajstić information content (AvgIpc) is 3.31. The Morgan fingerprint density at radius 1 is 0.929 bits per heavy atom. The van der Waals surface area contributed by atoms with Crippen LogP contribution in [0.2, 0.25) is 0 Å². The first-order valence-corrected chi connectivity index (χ1v) is 10.9. The quantitative estimate of drug-likeness (QED) is 0.324. The molecule has 0 radical (unpaired) electrons. The number of benzene rings is 2. The number of nitrogens with zero attached hydrogens (tertiary/aromatic N) is 5. The molecular weight excluding hydrogens is 386 g/mol. The second-order valence-electron chi connectivity index (χ2n) is 6.36. The zero-order valence-electron chi connectivity index (χ0n) is 16.1. The Bertz CT molecular complexity index is 1110. The third-order valence-corrected chi connectivity index (χ3v) is 6.34. The maximum Gasteiger partial charge on any atom is 0.231 e. The molecule has 0 aliphatic rings. The normalized spacial score (nSPS) is 11.5. The summed E-state index contributed by atoms with van der Waals surface area (Å²) in [5.41, 5.74) is 4.09. The number of hydrogen-bond acceptors (Lipinski definition) is 7. The summed E-state index contributed by atoms with van der Waals surface area (Å²) >= 11 is 3.13. The van der Waals surface area contributed by atoms with Gasteiger partial charge >= 0.3 is 0 Å². The zero-order chi connectivity index (χ0) is 19.5. The maximum absolute atomic E-state index is 4.86. The molecule has 28 heavy (non-hydrogen) atoms. The molecule has 2 heterocycles. The van der Waals surface area contributed by atoms with Crippen molar-refractivity contribution in [3.63, 3.8) is 0 Å². The highest BCUT2D eigenvalue weighted by Crippen LogP contribution is 2.41. The standard InChI is InChI=1S/C21H21N5S2/c1-4-26(5-2)21-23-18(15-9-7-6-8-10-15)19(28-21)24-25-20-22-16-12-11-14(3)13-17(16)27-20/h6-13H,4-5H2,1-3H3/b25-24+. The summed E-state index contributed by atoms with van der Waals surface area (Å²) in [6.45, 7) is 8.17. The van der Waals surface area contributed by atoms with E-state index >= 15 is 0 Å². The van der Waals surface area contributed by atoms with Crippen LogP contribution >= 0.6 is 22.7 Å². The summed E-state index contributed by atoms with van der Waals surface area (Å²) in [4.78, 5) is 11.7. The smallest absolute Gasteiger partial charge is 0.231 e. The first-order valence-electron chi connectivity index (χ1n) is 9.28. The number of fused-ring (bicyclic) bond motifs is 1. The third-order valence-electron chi connectivity index (χ3n) is 4.44. The predicted molar refractivity (Wildman–Crippen MR) is 120 cm³/mol. The molecule has 2 aromatic heterocycles. The van der Waals surface area contributed by atoms with E-state index < -0.39 is 0 Å². The van der Waals surface area contributed by atoms with E-state index in [9.17, 15) is 0 Å². The van der Waals surface area contributed by atoms with Crippen molar-refractivity contribution >= 4 is 48.2 Å². The number of azo groups is 1. The molecule has 0 unspecified atom stereocenters. The molecule has 142 valence electrons. The summed E-state index contributed by atoms with van der Waals surface area (Å²) in [6.07, 6.45) is 0. The molecule has 0 spiro atoms. The van der Waals surface area contributed by atoms with Crippen LogP contribution in [0.3, 0.4) is 0 Å². The largest absolute Gasteiger partial charge is 0.349 e. The summed E-state index contributed by atoms with van der Waals surface area (Å²) in [7, 11) is 0. The Balaban J connectivity index is 1.73. The lowest BCUT2D eigenvalue weighted by Gasteiger charge is -2.16. The minimum atomic E-state index is 0.664. The van der Waals surface area contributed by atoms with Gasteiger partial charge in [0.25, 0.3) is 0 Å². The molecule has 0 aliphatic carbocycles. The van der Waals surface area contributed by atoms with Crippen LogP contribution in [0.1, 0.15) is 19.4 Å². The molecule has 0 amide bonds. The van der Waals surface area contributed by atoms with Crippen LogP contribution < -0.4 is 4.90 Å². The SMILES string of the molecule is CCN(CC)c1nc(-c2ccccc2)c(/N=N/c2nc3ccc(C)cc3s2)s1. The highest BCUT2D eigenvalue weighted by atomic mass is 32.1. The first-order chi connectivity index (χ1) is 13.7. The molecule has 0 saturated heterocycles. The van der Waals surface area contributed by atoms with Crippen molar-refractivity contribution in [3.05, 3.63) is 54.1 Å². The van der Waals surface area contributed by atoms with Gasteiger partial charge < -0.3 is 4.90 Å². The van der Waals surface area contributed by atoms with Gasteiger partial charge in [-0.15, -0.1) is 10.2 Å². The number of rotatable bonds is 6. The van der Waals surface area contributed by atoms with Crippen LogP contribution in [-0.2, 0) is 0 Å². The van der Waals surface area contributed by atoms with Gasteiger partial charge in [0.15, 0.2) is 10.1 Å². The average molecular weight is 408 g/mol. The molecule has 5 nitrogen and oxygen atoms in total. The van der Waals surface area contributed by atoms with Gasteiger partial charge in [-0.25, -0.2) is 9.97 Å². The fraction of sp³-hybridized carbons (Fsp3) is 0.238. The van der Waals surface area contributed by atoms with Gasteiger partial charge in [0.1, 0.15) is 5.69 Å². The molecule has 4 rings (SSSR count). The third kappa shape index (κ3) is 3.81. The minimum absolute atomic E-state index is 0.664. The molecule has 2 aromatic carbocycles. The van der Waals surface area contributed by atoms with Gasteiger partial charge in [-0.3, -0.25) is 0 Å². The van der Waals surface area contributed by atoms with Gasteiger partial charge in [0.2, 0.25) is 5.13 Å². The van der Waals surface area contributed by atoms with Crippen LogP contribution in [0.25, 0.3) is 21.5 Å². The fourth-order valence-electron chi connectivity index (χ4n) is 2.93. The van der Waals surface area contributed by atoms with Crippen LogP contribution in [0.4, 0.5) is 15.3 Å². The van der Waals surface area contributed by atoms with Gasteiger partial charge in [-0.05, 0) is 38.5 Å². The number of anilines is 1. The van der Waals surface area contributed by atoms with Crippen LogP contribution in [0, 0.1) is 6.92 Å². The predicted octanol–water partition coefficient (Wildman–Crippen LogP) is 6.99. The van der Waals surface area contributed by atoms with E-state index in [4.69, 9.17) is 4.98 Å². The van der Waals surface area contributed by atoms with E-state index in [-0.39, 0.29) is 0 Å². The lowest BCUT2D eigenvalue weighted by molar-refractivity contribution is 0.860. The molecule has 0 aliphatic heterocycles. The van der Waals surface area contributed by atoms with Gasteiger partial charge in [-0.1, -0.05) is 59.1 Å². The van der Waals surface area contributed by atoms with Crippen molar-refractivity contribution in [3.8, 4) is 11.3 Å². The Labute approximate surface area is 172 Å². The number of thiazole rings is 2. The van der Waals surface area contributed by atoms with E-state index in [2.05, 4.69) is 65.1 Å². The Morgan fingerprint density at radius 3 is 2.46 bits per heavy atom. The van der Waals surface area contributed by atoms with Crippen LogP contribution in [0.15, 0.2) is 58.8 Å². The first kappa shape index (κ1) is 18.7. The summed E-state index contributed by atoms with van der Waals surface area (Å²) in [5, 5.41) is 11.4. The Morgan fingerprint density at radius 2 is 1.71 bits per heavy atom. The topological polar surface area (TPSA) is 53.7 Å². The van der Waals surface area contributed by atoms with Crippen molar-refractivity contribution in [2.45, 2.75) is 20.8 Å². The summed E-state index contributed by atoms with van der Waals surface area (Å²) in [5.74, 6) is 0. The molecule has 0 N–H and O–H groups in total. The summed E-state index contributed by atoms with van der Waals surface area (Å²) < 4.78 is 1.13. The molecular formula is C21H21N5S2. The number of aryl methyl sites for hydroxylation is 1. The van der Waals surface area contributed by atoms with Crippen molar-refractivity contribution in [1.82, 2.24) is 9.97 Å². The van der Waals surface area contributed by atoms with Crippen molar-refractivity contribution in [2.75, 3.05) is 18.0 Å². The molecule has 0 fully saturated rings. The maximum atomic E-state index is 4.86.